The number of sulfone groups is 1. The van der Waals surface area contributed by atoms with E-state index in [2.05, 4.69) is 4.98 Å². The molecule has 0 aliphatic rings. The fraction of sp³-hybridized carbons (Fsp3) is 0.417. The third-order valence-corrected chi connectivity index (χ3v) is 4.22. The van der Waals surface area contributed by atoms with Gasteiger partial charge >= 0.3 is 0 Å². The largest absolute Gasteiger partial charge is 0.330 e. The lowest BCUT2D eigenvalue weighted by molar-refractivity contribution is 0.581. The average molecular weight is 302 g/mol. The van der Waals surface area contributed by atoms with Gasteiger partial charge in [-0.1, -0.05) is 11.6 Å². The lowest BCUT2D eigenvalue weighted by Gasteiger charge is -2.10. The molecular formula is C12H16ClN3O2S. The number of hydrogen-bond acceptors (Lipinski definition) is 4. The van der Waals surface area contributed by atoms with Crippen molar-refractivity contribution in [3.8, 4) is 0 Å². The van der Waals surface area contributed by atoms with Crippen LogP contribution in [0.5, 0.6) is 0 Å². The molecule has 2 aromatic rings. The Kier molecular flexibility index (Phi) is 3.85. The van der Waals surface area contributed by atoms with E-state index in [1.165, 1.54) is 6.26 Å². The fourth-order valence-corrected chi connectivity index (χ4v) is 2.83. The standard InChI is InChI=1S/C12H16ClN3O2S/c1-16-11-7-8(13)3-4-10(11)15-12(16)9(14)5-6-19(2,17)18/h3-4,7,9H,5-6,14H2,1-2H3. The minimum absolute atomic E-state index is 0.0537. The van der Waals surface area contributed by atoms with Crippen LogP contribution in [0.15, 0.2) is 18.2 Å². The Bertz CT molecular complexity index is 709. The molecule has 1 atom stereocenters. The van der Waals surface area contributed by atoms with Crippen LogP contribution < -0.4 is 5.73 Å². The number of fused-ring (bicyclic) bond motifs is 1. The predicted molar refractivity (Wildman–Crippen MR) is 77.0 cm³/mol. The van der Waals surface area contributed by atoms with Crippen molar-refractivity contribution >= 4 is 32.5 Å². The van der Waals surface area contributed by atoms with Gasteiger partial charge in [0.25, 0.3) is 0 Å². The second kappa shape index (κ2) is 5.11. The number of rotatable bonds is 4. The van der Waals surface area contributed by atoms with Gasteiger partial charge in [0, 0.05) is 18.3 Å². The Labute approximate surface area is 117 Å². The molecule has 0 saturated carbocycles. The Balaban J connectivity index is 2.32. The smallest absolute Gasteiger partial charge is 0.147 e. The van der Waals surface area contributed by atoms with Crippen molar-refractivity contribution < 1.29 is 8.42 Å². The molecule has 2 N–H and O–H groups in total. The monoisotopic (exact) mass is 301 g/mol. The average Bonchev–Trinajstić information content (AvgIpc) is 2.63. The first-order valence-corrected chi connectivity index (χ1v) is 8.27. The fourth-order valence-electron chi connectivity index (χ4n) is 1.98. The Hall–Kier alpha value is -1.11. The molecule has 0 fully saturated rings. The second-order valence-electron chi connectivity index (χ2n) is 4.69. The molecule has 0 amide bonds. The van der Waals surface area contributed by atoms with Gasteiger partial charge in [-0.25, -0.2) is 13.4 Å². The van der Waals surface area contributed by atoms with Gasteiger partial charge in [-0.3, -0.25) is 0 Å². The zero-order valence-electron chi connectivity index (χ0n) is 10.8. The summed E-state index contributed by atoms with van der Waals surface area (Å²) < 4.78 is 24.2. The van der Waals surface area contributed by atoms with E-state index in [4.69, 9.17) is 17.3 Å². The molecule has 19 heavy (non-hydrogen) atoms. The van der Waals surface area contributed by atoms with E-state index in [-0.39, 0.29) is 5.75 Å². The second-order valence-corrected chi connectivity index (χ2v) is 7.38. The minimum Gasteiger partial charge on any atom is -0.330 e. The van der Waals surface area contributed by atoms with Crippen molar-refractivity contribution in [2.45, 2.75) is 12.5 Å². The molecule has 0 bridgehead atoms. The van der Waals surface area contributed by atoms with Crippen LogP contribution in [0.25, 0.3) is 11.0 Å². The molecule has 104 valence electrons. The van der Waals surface area contributed by atoms with Gasteiger partial charge < -0.3 is 10.3 Å². The molecule has 0 aliphatic heterocycles. The van der Waals surface area contributed by atoms with E-state index >= 15 is 0 Å². The number of halogens is 1. The lowest BCUT2D eigenvalue weighted by Crippen LogP contribution is -2.19. The van der Waals surface area contributed by atoms with Crippen LogP contribution >= 0.6 is 11.6 Å². The third-order valence-electron chi connectivity index (χ3n) is 3.01. The third kappa shape index (κ3) is 3.26. The summed E-state index contributed by atoms with van der Waals surface area (Å²) in [6.45, 7) is 0. The highest BCUT2D eigenvalue weighted by Gasteiger charge is 2.17. The number of aromatic nitrogens is 2. The first-order chi connectivity index (χ1) is 8.78. The SMILES string of the molecule is Cn1c(C(N)CCS(C)(=O)=O)nc2ccc(Cl)cc21. The van der Waals surface area contributed by atoms with Crippen LogP contribution in [0, 0.1) is 0 Å². The van der Waals surface area contributed by atoms with E-state index < -0.39 is 15.9 Å². The summed E-state index contributed by atoms with van der Waals surface area (Å²) in [7, 11) is -1.17. The van der Waals surface area contributed by atoms with Gasteiger partial charge in [-0.2, -0.15) is 0 Å². The van der Waals surface area contributed by atoms with Crippen molar-refractivity contribution in [1.29, 1.82) is 0 Å². The molecule has 0 aliphatic carbocycles. The van der Waals surface area contributed by atoms with E-state index in [0.29, 0.717) is 17.3 Å². The van der Waals surface area contributed by atoms with Crippen LogP contribution in [0.2, 0.25) is 5.02 Å². The number of nitrogens with zero attached hydrogens (tertiary/aromatic N) is 2. The van der Waals surface area contributed by atoms with Crippen molar-refractivity contribution in [3.63, 3.8) is 0 Å². The highest BCUT2D eigenvalue weighted by atomic mass is 35.5. The first kappa shape index (κ1) is 14.3. The van der Waals surface area contributed by atoms with Crippen LogP contribution in [0.1, 0.15) is 18.3 Å². The summed E-state index contributed by atoms with van der Waals surface area (Å²) in [5.41, 5.74) is 7.71. The number of benzene rings is 1. The first-order valence-electron chi connectivity index (χ1n) is 5.83. The molecule has 1 unspecified atom stereocenters. The highest BCUT2D eigenvalue weighted by molar-refractivity contribution is 7.90. The molecule has 7 heteroatoms. The minimum atomic E-state index is -3.01. The van der Waals surface area contributed by atoms with Gasteiger partial charge in [0.2, 0.25) is 0 Å². The summed E-state index contributed by atoms with van der Waals surface area (Å²) >= 11 is 5.95. The van der Waals surface area contributed by atoms with Crippen molar-refractivity contribution in [2.75, 3.05) is 12.0 Å². The highest BCUT2D eigenvalue weighted by Crippen LogP contribution is 2.23. The van der Waals surface area contributed by atoms with E-state index in [1.807, 2.05) is 23.7 Å². The van der Waals surface area contributed by atoms with Crippen molar-refractivity contribution in [2.24, 2.45) is 12.8 Å². The normalized spacial score (nSPS) is 13.9. The quantitative estimate of drug-likeness (QED) is 0.931. The van der Waals surface area contributed by atoms with Crippen LogP contribution in [-0.2, 0) is 16.9 Å². The molecule has 1 aromatic heterocycles. The van der Waals surface area contributed by atoms with E-state index in [0.717, 1.165) is 11.0 Å². The topological polar surface area (TPSA) is 78.0 Å². The molecular weight excluding hydrogens is 286 g/mol. The van der Waals surface area contributed by atoms with Gasteiger partial charge in [0.05, 0.1) is 22.8 Å². The van der Waals surface area contributed by atoms with Crippen molar-refractivity contribution in [1.82, 2.24) is 9.55 Å². The molecule has 1 heterocycles. The Morgan fingerprint density at radius 3 is 2.79 bits per heavy atom. The van der Waals surface area contributed by atoms with Crippen LogP contribution in [0.3, 0.4) is 0 Å². The van der Waals surface area contributed by atoms with Crippen LogP contribution in [0.4, 0.5) is 0 Å². The number of nitrogens with two attached hydrogens (primary N) is 1. The zero-order chi connectivity index (χ0) is 14.2. The Morgan fingerprint density at radius 1 is 1.47 bits per heavy atom. The molecule has 2 rings (SSSR count). The predicted octanol–water partition coefficient (Wildman–Crippen LogP) is 1.66. The summed E-state index contributed by atoms with van der Waals surface area (Å²) in [5, 5.41) is 0.631. The van der Waals surface area contributed by atoms with Gasteiger partial charge in [-0.05, 0) is 24.6 Å². The van der Waals surface area contributed by atoms with Crippen molar-refractivity contribution in [3.05, 3.63) is 29.0 Å². The molecule has 0 radical (unpaired) electrons. The number of aryl methyl sites for hydroxylation is 1. The van der Waals surface area contributed by atoms with Gasteiger partial charge in [0.1, 0.15) is 15.7 Å². The molecule has 0 spiro atoms. The summed E-state index contributed by atoms with van der Waals surface area (Å²) in [6.07, 6.45) is 1.55. The summed E-state index contributed by atoms with van der Waals surface area (Å²) in [4.78, 5) is 4.44. The van der Waals surface area contributed by atoms with Crippen LogP contribution in [-0.4, -0.2) is 30.0 Å². The van der Waals surface area contributed by atoms with E-state index in [1.54, 1.807) is 6.07 Å². The van der Waals surface area contributed by atoms with Gasteiger partial charge in [-0.15, -0.1) is 0 Å². The molecule has 0 saturated heterocycles. The summed E-state index contributed by atoms with van der Waals surface area (Å²) in [5.74, 6) is 0.721. The number of imidazole rings is 1. The molecule has 1 aromatic carbocycles. The molecule has 5 nitrogen and oxygen atoms in total. The maximum atomic E-state index is 11.2. The van der Waals surface area contributed by atoms with E-state index in [9.17, 15) is 8.42 Å². The summed E-state index contributed by atoms with van der Waals surface area (Å²) in [6, 6.07) is 5.00. The maximum Gasteiger partial charge on any atom is 0.147 e. The number of hydrogen-bond donors (Lipinski definition) is 1. The lowest BCUT2D eigenvalue weighted by atomic mass is 10.2. The maximum absolute atomic E-state index is 11.2. The Morgan fingerprint density at radius 2 is 2.16 bits per heavy atom. The van der Waals surface area contributed by atoms with Gasteiger partial charge in [0.15, 0.2) is 0 Å². The zero-order valence-corrected chi connectivity index (χ0v) is 12.4.